The summed E-state index contributed by atoms with van der Waals surface area (Å²) in [5, 5.41) is 8.36. The highest BCUT2D eigenvalue weighted by molar-refractivity contribution is 7.89. The van der Waals surface area contributed by atoms with Gasteiger partial charge in [0.05, 0.1) is 4.90 Å². The molecule has 1 fully saturated rings. The van der Waals surface area contributed by atoms with E-state index in [1.165, 1.54) is 12.1 Å². The summed E-state index contributed by atoms with van der Waals surface area (Å²) in [6.07, 6.45) is 1.14. The van der Waals surface area contributed by atoms with E-state index in [0.29, 0.717) is 11.5 Å². The lowest BCUT2D eigenvalue weighted by Gasteiger charge is -2.08. The van der Waals surface area contributed by atoms with Crippen LogP contribution in [0.3, 0.4) is 0 Å². The molecule has 2 rings (SSSR count). The van der Waals surface area contributed by atoms with E-state index in [9.17, 15) is 8.42 Å². The molecular weight excluding hydrogens is 224 g/mol. The van der Waals surface area contributed by atoms with Gasteiger partial charge in [-0.1, -0.05) is 13.8 Å². The number of sulfonamides is 1. The highest BCUT2D eigenvalue weighted by atomic mass is 32.2. The standard InChI is InChI=1S/C11H16N2O2S/c1-11(2)7-10(11)13-8-3-5-9(6-4-8)16(12,14)15/h3-6,10,13H,7H2,1-2H3,(H2,12,14,15). The van der Waals surface area contributed by atoms with Crippen molar-refractivity contribution in [3.63, 3.8) is 0 Å². The zero-order valence-electron chi connectivity index (χ0n) is 9.40. The van der Waals surface area contributed by atoms with E-state index in [0.717, 1.165) is 12.1 Å². The zero-order chi connectivity index (χ0) is 12.0. The van der Waals surface area contributed by atoms with Crippen molar-refractivity contribution in [3.8, 4) is 0 Å². The van der Waals surface area contributed by atoms with Gasteiger partial charge in [0.15, 0.2) is 0 Å². The van der Waals surface area contributed by atoms with Crippen LogP contribution in [-0.4, -0.2) is 14.5 Å². The van der Waals surface area contributed by atoms with Crippen molar-refractivity contribution in [2.45, 2.75) is 31.2 Å². The number of nitrogens with two attached hydrogens (primary N) is 1. The Morgan fingerprint density at radius 3 is 2.19 bits per heavy atom. The van der Waals surface area contributed by atoms with Crippen molar-refractivity contribution in [1.82, 2.24) is 0 Å². The molecule has 1 atom stereocenters. The highest BCUT2D eigenvalue weighted by Crippen LogP contribution is 2.46. The Bertz CT molecular complexity index is 491. The van der Waals surface area contributed by atoms with Crippen molar-refractivity contribution >= 4 is 15.7 Å². The van der Waals surface area contributed by atoms with Crippen molar-refractivity contribution in [1.29, 1.82) is 0 Å². The van der Waals surface area contributed by atoms with E-state index in [1.54, 1.807) is 12.1 Å². The fraction of sp³-hybridized carbons (Fsp3) is 0.455. The second-order valence-electron chi connectivity index (χ2n) is 4.96. The molecule has 0 radical (unpaired) electrons. The minimum Gasteiger partial charge on any atom is -0.382 e. The molecule has 0 amide bonds. The van der Waals surface area contributed by atoms with Crippen LogP contribution >= 0.6 is 0 Å². The first-order valence-electron chi connectivity index (χ1n) is 5.18. The first kappa shape index (κ1) is 11.4. The number of primary sulfonamides is 1. The lowest BCUT2D eigenvalue weighted by molar-refractivity contribution is 0.598. The third-order valence-corrected chi connectivity index (χ3v) is 3.97. The van der Waals surface area contributed by atoms with E-state index in [-0.39, 0.29) is 4.90 Å². The summed E-state index contributed by atoms with van der Waals surface area (Å²) in [6.45, 7) is 4.40. The third kappa shape index (κ3) is 2.36. The van der Waals surface area contributed by atoms with Gasteiger partial charge in [0.2, 0.25) is 10.0 Å². The zero-order valence-corrected chi connectivity index (χ0v) is 10.2. The van der Waals surface area contributed by atoms with Gasteiger partial charge in [0, 0.05) is 11.7 Å². The molecular formula is C11H16N2O2S. The minimum absolute atomic E-state index is 0.146. The average Bonchev–Trinajstić information content (AvgIpc) is 2.73. The number of anilines is 1. The third-order valence-electron chi connectivity index (χ3n) is 3.04. The maximum absolute atomic E-state index is 11.0. The predicted molar refractivity (Wildman–Crippen MR) is 63.6 cm³/mol. The van der Waals surface area contributed by atoms with Crippen LogP contribution in [0.4, 0.5) is 5.69 Å². The fourth-order valence-corrected chi connectivity index (χ4v) is 2.17. The summed E-state index contributed by atoms with van der Waals surface area (Å²) >= 11 is 0. The molecule has 0 aromatic heterocycles. The molecule has 0 aliphatic heterocycles. The molecule has 0 bridgehead atoms. The van der Waals surface area contributed by atoms with E-state index in [1.807, 2.05) is 0 Å². The van der Waals surface area contributed by atoms with Gasteiger partial charge in [0.1, 0.15) is 0 Å². The van der Waals surface area contributed by atoms with Crippen molar-refractivity contribution in [2.24, 2.45) is 10.6 Å². The summed E-state index contributed by atoms with van der Waals surface area (Å²) in [4.78, 5) is 0.146. The van der Waals surface area contributed by atoms with Crippen LogP contribution in [0.15, 0.2) is 29.2 Å². The van der Waals surface area contributed by atoms with Crippen molar-refractivity contribution in [3.05, 3.63) is 24.3 Å². The van der Waals surface area contributed by atoms with Gasteiger partial charge in [-0.05, 0) is 36.1 Å². The monoisotopic (exact) mass is 240 g/mol. The lowest BCUT2D eigenvalue weighted by Crippen LogP contribution is -2.12. The number of benzene rings is 1. The Labute approximate surface area is 95.9 Å². The summed E-state index contributed by atoms with van der Waals surface area (Å²) in [5.41, 5.74) is 1.28. The number of nitrogens with one attached hydrogen (secondary N) is 1. The maximum Gasteiger partial charge on any atom is 0.238 e. The van der Waals surface area contributed by atoms with Crippen LogP contribution in [0.1, 0.15) is 20.3 Å². The SMILES string of the molecule is CC1(C)CC1Nc1ccc(S(N)(=O)=O)cc1. The molecule has 1 aromatic carbocycles. The second kappa shape index (κ2) is 3.46. The molecule has 3 N–H and O–H groups in total. The Kier molecular flexibility index (Phi) is 2.47. The number of hydrogen-bond donors (Lipinski definition) is 2. The Morgan fingerprint density at radius 2 is 1.81 bits per heavy atom. The molecule has 0 spiro atoms. The largest absolute Gasteiger partial charge is 0.382 e. The van der Waals surface area contributed by atoms with Gasteiger partial charge in [0.25, 0.3) is 0 Å². The lowest BCUT2D eigenvalue weighted by atomic mass is 10.2. The Morgan fingerprint density at radius 1 is 1.31 bits per heavy atom. The maximum atomic E-state index is 11.0. The number of rotatable bonds is 3. The average molecular weight is 240 g/mol. The van der Waals surface area contributed by atoms with E-state index >= 15 is 0 Å². The predicted octanol–water partition coefficient (Wildman–Crippen LogP) is 1.54. The summed E-state index contributed by atoms with van der Waals surface area (Å²) in [7, 11) is -3.58. The molecule has 0 heterocycles. The molecule has 1 aliphatic rings. The van der Waals surface area contributed by atoms with Gasteiger partial charge in [-0.2, -0.15) is 0 Å². The van der Waals surface area contributed by atoms with Crippen molar-refractivity contribution < 1.29 is 8.42 Å². The molecule has 1 aliphatic carbocycles. The first-order valence-corrected chi connectivity index (χ1v) is 6.73. The van der Waals surface area contributed by atoms with Gasteiger partial charge in [-0.3, -0.25) is 0 Å². The van der Waals surface area contributed by atoms with E-state index < -0.39 is 10.0 Å². The molecule has 5 heteroatoms. The molecule has 4 nitrogen and oxygen atoms in total. The van der Waals surface area contributed by atoms with Crippen LogP contribution in [0.25, 0.3) is 0 Å². The van der Waals surface area contributed by atoms with Gasteiger partial charge in [-0.25, -0.2) is 13.6 Å². The Hall–Kier alpha value is -1.07. The molecule has 16 heavy (non-hydrogen) atoms. The normalized spacial score (nSPS) is 22.8. The Balaban J connectivity index is 2.09. The van der Waals surface area contributed by atoms with Gasteiger partial charge in [-0.15, -0.1) is 0 Å². The second-order valence-corrected chi connectivity index (χ2v) is 6.52. The molecule has 1 aromatic rings. The van der Waals surface area contributed by atoms with Gasteiger partial charge >= 0.3 is 0 Å². The minimum atomic E-state index is -3.58. The van der Waals surface area contributed by atoms with Crippen LogP contribution < -0.4 is 10.5 Å². The smallest absolute Gasteiger partial charge is 0.238 e. The molecule has 0 saturated heterocycles. The van der Waals surface area contributed by atoms with E-state index in [2.05, 4.69) is 19.2 Å². The molecule has 88 valence electrons. The summed E-state index contributed by atoms with van der Waals surface area (Å²) in [5.74, 6) is 0. The topological polar surface area (TPSA) is 72.2 Å². The highest BCUT2D eigenvalue weighted by Gasteiger charge is 2.45. The number of hydrogen-bond acceptors (Lipinski definition) is 3. The summed E-state index contributed by atoms with van der Waals surface area (Å²) < 4.78 is 22.1. The van der Waals surface area contributed by atoms with Crippen molar-refractivity contribution in [2.75, 3.05) is 5.32 Å². The van der Waals surface area contributed by atoms with Crippen LogP contribution in [-0.2, 0) is 10.0 Å². The quantitative estimate of drug-likeness (QED) is 0.842. The summed E-state index contributed by atoms with van der Waals surface area (Å²) in [6, 6.07) is 7.01. The first-order chi connectivity index (χ1) is 7.29. The molecule has 1 saturated carbocycles. The van der Waals surface area contributed by atoms with Crippen LogP contribution in [0.5, 0.6) is 0 Å². The van der Waals surface area contributed by atoms with Gasteiger partial charge < -0.3 is 5.32 Å². The van der Waals surface area contributed by atoms with Crippen LogP contribution in [0, 0.1) is 5.41 Å². The fourth-order valence-electron chi connectivity index (χ4n) is 1.66. The van der Waals surface area contributed by atoms with E-state index in [4.69, 9.17) is 5.14 Å². The van der Waals surface area contributed by atoms with Crippen LogP contribution in [0.2, 0.25) is 0 Å². The molecule has 1 unspecified atom stereocenters.